The summed E-state index contributed by atoms with van der Waals surface area (Å²) in [6, 6.07) is 58.7. The molecule has 0 radical (unpaired) electrons. The summed E-state index contributed by atoms with van der Waals surface area (Å²) in [6.07, 6.45) is 12.2. The number of aromatic amines is 4. The van der Waals surface area contributed by atoms with Crippen molar-refractivity contribution in [1.82, 2.24) is 19.9 Å². The van der Waals surface area contributed by atoms with E-state index in [9.17, 15) is 38.4 Å². The lowest BCUT2D eigenvalue weighted by Gasteiger charge is -2.15. The van der Waals surface area contributed by atoms with Crippen LogP contribution in [0.15, 0.2) is 257 Å². The Kier molecular flexibility index (Phi) is 21.6. The Bertz CT molecular complexity index is 5800. The second-order valence-electron chi connectivity index (χ2n) is 24.3. The first-order chi connectivity index (χ1) is 50.6. The maximum absolute atomic E-state index is 12.9. The second-order valence-corrected chi connectivity index (χ2v) is 31.0. The van der Waals surface area contributed by atoms with Crippen molar-refractivity contribution in [3.05, 3.63) is 307 Å². The zero-order valence-electron chi connectivity index (χ0n) is 56.3. The second kappa shape index (κ2) is 31.3. The number of hydrogen-bond donors (Lipinski definition) is 4. The molecule has 4 N–H and O–H groups in total. The minimum absolute atomic E-state index is 0.212. The zero-order valence-corrected chi connectivity index (χ0v) is 62.9. The number of rotatable bonds is 12. The lowest BCUT2D eigenvalue weighted by molar-refractivity contribution is -0.114. The van der Waals surface area contributed by atoms with E-state index in [2.05, 4.69) is 19.9 Å². The van der Waals surface area contributed by atoms with Gasteiger partial charge in [0.25, 0.3) is 23.6 Å². The number of aromatic nitrogens is 4. The van der Waals surface area contributed by atoms with Crippen LogP contribution in [0.2, 0.25) is 0 Å². The molecule has 4 aliphatic heterocycles. The number of H-pyrrole nitrogens is 4. The summed E-state index contributed by atoms with van der Waals surface area (Å²) in [5.41, 5.74) is 14.1. The van der Waals surface area contributed by atoms with Crippen molar-refractivity contribution in [1.29, 1.82) is 0 Å². The minimum atomic E-state index is -0.269. The predicted octanol–water partition coefficient (Wildman–Crippen LogP) is 18.7. The zero-order chi connectivity index (χ0) is 73.9. The lowest BCUT2D eigenvalue weighted by atomic mass is 10.1. The van der Waals surface area contributed by atoms with Gasteiger partial charge in [0.1, 0.15) is 0 Å². The van der Waals surface area contributed by atoms with E-state index >= 15 is 0 Å². The maximum Gasteiger partial charge on any atom is 0.270 e. The van der Waals surface area contributed by atoms with E-state index in [0.717, 1.165) is 124 Å². The van der Waals surface area contributed by atoms with Crippen LogP contribution in [-0.2, 0) is 19.2 Å². The van der Waals surface area contributed by atoms with E-state index in [1.54, 1.807) is 24.8 Å². The highest BCUT2D eigenvalue weighted by Gasteiger charge is 2.38. The molecule has 0 aliphatic carbocycles. The number of carbonyl (C=O) groups is 8. The van der Waals surface area contributed by atoms with Crippen LogP contribution in [-0.4, -0.2) is 84.0 Å². The van der Waals surface area contributed by atoms with E-state index < -0.39 is 0 Å². The Morgan fingerprint density at radius 3 is 0.943 bits per heavy atom. The summed E-state index contributed by atoms with van der Waals surface area (Å²) >= 11 is 26.0. The standard InChI is InChI=1S/2C21H16N2O2S2.C20H14N2O2S2.C19H12N2O2S2/c1-12-3-6-14(7-4-12)23-20(25)19(27-21(23)26)10-18(24)16-11-22-17-8-5-13(2)9-15(16)17;1-12-7-8-14(9-13(12)2)23-20(25)19(27-21(23)26)10-18(24)16-11-22-17-6-4-3-5-15(16)17;1-12-6-8-13(9-7-12)22-19(24)18(26-20(22)25)10-17(23)15-11-21-16-5-3-2-4-14(15)16;22-16(14-11-20-15-9-5-4-8-13(14)15)10-17-18(23)21(19(24)25-17)12-6-2-1-3-7-12/h2*3-11,22H,1-2H3;2-11,21H,1H3;1-11,20H/b2*19-10-;18-10-;17-10-. The Hall–Kier alpha value is -10.8. The number of nitrogens with one attached hydrogen (secondary N) is 4. The van der Waals surface area contributed by atoms with Gasteiger partial charge in [-0.2, -0.15) is 0 Å². The van der Waals surface area contributed by atoms with E-state index in [4.69, 9.17) is 48.9 Å². The molecule has 4 fully saturated rings. The molecule has 24 heteroatoms. The van der Waals surface area contributed by atoms with Crippen LogP contribution in [0.4, 0.5) is 22.7 Å². The summed E-state index contributed by atoms with van der Waals surface area (Å²) in [5.74, 6) is -1.92. The molecule has 0 spiro atoms. The van der Waals surface area contributed by atoms with Crippen molar-refractivity contribution in [3.8, 4) is 0 Å². The Balaban J connectivity index is 0.000000124. The Morgan fingerprint density at radius 2 is 0.590 bits per heavy atom. The van der Waals surface area contributed by atoms with Gasteiger partial charge in [0, 0.05) is 115 Å². The molecule has 0 unspecified atom stereocenters. The molecule has 16 nitrogen and oxygen atoms in total. The van der Waals surface area contributed by atoms with E-state index in [1.807, 2.05) is 223 Å². The number of allylic oxidation sites excluding steroid dienone is 4. The highest BCUT2D eigenvalue weighted by molar-refractivity contribution is 8.28. The average molecular weight is 1530 g/mol. The third-order valence-corrected chi connectivity index (χ3v) is 22.4. The van der Waals surface area contributed by atoms with E-state index in [1.165, 1.54) is 43.9 Å². The quantitative estimate of drug-likeness (QED) is 0.0509. The molecule has 0 saturated carbocycles. The van der Waals surface area contributed by atoms with Crippen LogP contribution in [0.3, 0.4) is 0 Å². The number of nitrogens with zero attached hydrogens (tertiary/aromatic N) is 4. The van der Waals surface area contributed by atoms with Gasteiger partial charge >= 0.3 is 0 Å². The molecule has 16 rings (SSSR count). The van der Waals surface area contributed by atoms with Crippen LogP contribution < -0.4 is 19.6 Å². The molecule has 518 valence electrons. The number of thiocarbonyl (C=S) groups is 4. The first kappa shape index (κ1) is 72.5. The Labute approximate surface area is 640 Å². The molecule has 12 aromatic rings. The number of thioether (sulfide) groups is 4. The number of para-hydroxylation sites is 4. The van der Waals surface area contributed by atoms with E-state index in [0.29, 0.717) is 76.2 Å². The van der Waals surface area contributed by atoms with Crippen molar-refractivity contribution in [2.24, 2.45) is 0 Å². The molecule has 4 amide bonds. The van der Waals surface area contributed by atoms with Gasteiger partial charge in [0.2, 0.25) is 0 Å². The van der Waals surface area contributed by atoms with Crippen molar-refractivity contribution >= 4 is 226 Å². The van der Waals surface area contributed by atoms with Crippen LogP contribution in [0.25, 0.3) is 43.6 Å². The summed E-state index contributed by atoms with van der Waals surface area (Å²) in [7, 11) is 0. The van der Waals surface area contributed by atoms with Crippen LogP contribution >= 0.6 is 95.9 Å². The fraction of sp³-hybridized carbons (Fsp3) is 0.0617. The largest absolute Gasteiger partial charge is 0.360 e. The number of benzene rings is 8. The third-order valence-electron chi connectivity index (χ3n) is 17.2. The molecular formula is C81H58N8O8S8. The van der Waals surface area contributed by atoms with Crippen molar-refractivity contribution in [3.63, 3.8) is 0 Å². The fourth-order valence-corrected chi connectivity index (χ4v) is 16.7. The number of aryl methyl sites for hydroxylation is 5. The first-order valence-corrected chi connectivity index (χ1v) is 37.3. The molecule has 105 heavy (non-hydrogen) atoms. The van der Waals surface area contributed by atoms with Gasteiger partial charge in [-0.3, -0.25) is 58.0 Å². The smallest absolute Gasteiger partial charge is 0.270 e. The van der Waals surface area contributed by atoms with Gasteiger partial charge < -0.3 is 19.9 Å². The predicted molar refractivity (Wildman–Crippen MR) is 443 cm³/mol. The van der Waals surface area contributed by atoms with Gasteiger partial charge in [0.15, 0.2) is 40.4 Å². The third kappa shape index (κ3) is 15.4. The number of carbonyl (C=O) groups excluding carboxylic acids is 8. The summed E-state index contributed by atoms with van der Waals surface area (Å²) < 4.78 is 1.71. The summed E-state index contributed by atoms with van der Waals surface area (Å²) in [6.45, 7) is 9.95. The molecule has 4 aromatic heterocycles. The number of fused-ring (bicyclic) bond motifs is 4. The monoisotopic (exact) mass is 1530 g/mol. The number of hydrogen-bond acceptors (Lipinski definition) is 16. The van der Waals surface area contributed by atoms with Crippen molar-refractivity contribution < 1.29 is 38.4 Å². The SMILES string of the molecule is Cc1ccc(N2C(=O)/C(=C/C(=O)c3c[nH]c4ccc(C)cc34)SC2=S)cc1.Cc1ccc(N2C(=O)/C(=C/C(=O)c3c[nH]c4ccccc34)SC2=S)cc1.Cc1ccc(N2C(=O)/C(=C/C(=O)c3c[nH]c4ccccc34)SC2=S)cc1C.O=C(/C=C1\SC(=S)N(c2ccccc2)C1=O)c1c[nH]c2ccccc12. The summed E-state index contributed by atoms with van der Waals surface area (Å²) in [4.78, 5) is 122. The van der Waals surface area contributed by atoms with Gasteiger partial charge in [-0.25, -0.2) is 0 Å². The van der Waals surface area contributed by atoms with Crippen molar-refractivity contribution in [2.45, 2.75) is 34.6 Å². The van der Waals surface area contributed by atoms with Crippen molar-refractivity contribution in [2.75, 3.05) is 19.6 Å². The van der Waals surface area contributed by atoms with Gasteiger partial charge in [-0.15, -0.1) is 0 Å². The molecule has 0 bridgehead atoms. The average Bonchev–Trinajstić information content (AvgIpc) is 1.45. The topological polar surface area (TPSA) is 213 Å². The highest BCUT2D eigenvalue weighted by Crippen LogP contribution is 2.40. The molecule has 4 saturated heterocycles. The van der Waals surface area contributed by atoms with Crippen LogP contribution in [0, 0.1) is 34.6 Å². The van der Waals surface area contributed by atoms with Crippen LogP contribution in [0.5, 0.6) is 0 Å². The number of amides is 4. The van der Waals surface area contributed by atoms with Gasteiger partial charge in [-0.1, -0.05) is 222 Å². The normalized spacial score (nSPS) is 16.0. The maximum atomic E-state index is 12.9. The van der Waals surface area contributed by atoms with E-state index in [-0.39, 0.29) is 46.8 Å². The Morgan fingerprint density at radius 1 is 0.305 bits per heavy atom. The minimum Gasteiger partial charge on any atom is -0.360 e. The fourth-order valence-electron chi connectivity index (χ4n) is 11.6. The highest BCUT2D eigenvalue weighted by atomic mass is 32.2. The lowest BCUT2D eigenvalue weighted by Crippen LogP contribution is -2.27. The van der Waals surface area contributed by atoms with Gasteiger partial charge in [-0.05, 0) is 125 Å². The first-order valence-electron chi connectivity index (χ1n) is 32.4. The number of ketones is 4. The molecule has 4 aliphatic rings. The molecule has 8 heterocycles. The van der Waals surface area contributed by atoms with Gasteiger partial charge in [0.05, 0.1) is 42.4 Å². The van der Waals surface area contributed by atoms with Crippen LogP contribution in [0.1, 0.15) is 69.2 Å². The number of anilines is 4. The molecule has 8 aromatic carbocycles. The molecular weight excluding hydrogens is 1470 g/mol. The molecule has 0 atom stereocenters. The summed E-state index contributed by atoms with van der Waals surface area (Å²) in [5, 5.41) is 3.36.